The third kappa shape index (κ3) is 3.03. The van der Waals surface area contributed by atoms with Gasteiger partial charge in [0.15, 0.2) is 0 Å². The number of rotatable bonds is 4. The maximum absolute atomic E-state index is 11.9. The minimum absolute atomic E-state index is 0.106. The van der Waals surface area contributed by atoms with Gasteiger partial charge in [0.25, 0.3) is 11.2 Å². The second kappa shape index (κ2) is 6.21. The number of hydrogen-bond donors (Lipinski definition) is 0. The molecule has 1 aromatic heterocycles. The number of esters is 1. The van der Waals surface area contributed by atoms with Gasteiger partial charge in [0.05, 0.1) is 29.8 Å². The van der Waals surface area contributed by atoms with Crippen molar-refractivity contribution in [2.24, 2.45) is 0 Å². The van der Waals surface area contributed by atoms with Crippen molar-refractivity contribution < 1.29 is 14.5 Å². The molecule has 0 radical (unpaired) electrons. The summed E-state index contributed by atoms with van der Waals surface area (Å²) in [6.45, 7) is 1.72. The number of pyridine rings is 1. The Balaban J connectivity index is 2.35. The lowest BCUT2D eigenvalue weighted by atomic mass is 10.1. The molecule has 0 atom stereocenters. The van der Waals surface area contributed by atoms with E-state index in [9.17, 15) is 19.7 Å². The fourth-order valence-corrected chi connectivity index (χ4v) is 2.10. The maximum Gasteiger partial charge on any atom is 0.337 e. The van der Waals surface area contributed by atoms with E-state index < -0.39 is 10.9 Å². The van der Waals surface area contributed by atoms with Crippen molar-refractivity contribution in [3.63, 3.8) is 0 Å². The molecule has 2 aromatic rings. The molecule has 7 nitrogen and oxygen atoms in total. The lowest BCUT2D eigenvalue weighted by Gasteiger charge is -2.10. The molecule has 0 saturated heterocycles. The van der Waals surface area contributed by atoms with Crippen LogP contribution in [-0.2, 0) is 11.3 Å². The van der Waals surface area contributed by atoms with Crippen LogP contribution in [-0.4, -0.2) is 22.6 Å². The van der Waals surface area contributed by atoms with Crippen molar-refractivity contribution in [3.05, 3.63) is 73.7 Å². The second-order valence-electron chi connectivity index (χ2n) is 4.67. The largest absolute Gasteiger partial charge is 0.465 e. The molecular weight excluding hydrogens is 288 g/mol. The van der Waals surface area contributed by atoms with Crippen LogP contribution in [0.5, 0.6) is 0 Å². The Bertz CT molecular complexity index is 778. The van der Waals surface area contributed by atoms with Gasteiger partial charge < -0.3 is 9.30 Å². The summed E-state index contributed by atoms with van der Waals surface area (Å²) in [5.74, 6) is -0.449. The van der Waals surface area contributed by atoms with Gasteiger partial charge in [0.1, 0.15) is 0 Å². The summed E-state index contributed by atoms with van der Waals surface area (Å²) in [6, 6.07) is 8.90. The zero-order valence-corrected chi connectivity index (χ0v) is 12.1. The SMILES string of the molecule is COC(=O)c1ccc(Cn2c(C)c([N+](=O)[O-])ccc2=O)cc1. The number of benzene rings is 1. The highest BCUT2D eigenvalue weighted by Gasteiger charge is 2.15. The van der Waals surface area contributed by atoms with Crippen molar-refractivity contribution >= 4 is 11.7 Å². The number of methoxy groups -OCH3 is 1. The molecule has 0 aliphatic rings. The molecule has 1 aromatic carbocycles. The molecule has 1 heterocycles. The third-order valence-corrected chi connectivity index (χ3v) is 3.34. The summed E-state index contributed by atoms with van der Waals surface area (Å²) < 4.78 is 5.93. The Kier molecular flexibility index (Phi) is 4.36. The molecule has 0 N–H and O–H groups in total. The zero-order chi connectivity index (χ0) is 16.3. The summed E-state index contributed by atoms with van der Waals surface area (Å²) in [4.78, 5) is 33.7. The molecule has 0 unspecified atom stereocenters. The van der Waals surface area contributed by atoms with E-state index in [-0.39, 0.29) is 23.5 Å². The van der Waals surface area contributed by atoms with Crippen LogP contribution < -0.4 is 5.56 Å². The highest BCUT2D eigenvalue weighted by Crippen LogP contribution is 2.16. The Morgan fingerprint density at radius 1 is 1.23 bits per heavy atom. The van der Waals surface area contributed by atoms with E-state index >= 15 is 0 Å². The fourth-order valence-electron chi connectivity index (χ4n) is 2.10. The van der Waals surface area contributed by atoms with Gasteiger partial charge in [0.2, 0.25) is 0 Å². The van der Waals surface area contributed by atoms with Crippen LogP contribution in [0.3, 0.4) is 0 Å². The molecule has 0 spiro atoms. The lowest BCUT2D eigenvalue weighted by molar-refractivity contribution is -0.386. The molecule has 2 rings (SSSR count). The minimum Gasteiger partial charge on any atom is -0.465 e. The molecule has 114 valence electrons. The van der Waals surface area contributed by atoms with Crippen molar-refractivity contribution in [1.82, 2.24) is 4.57 Å². The number of carbonyl (C=O) groups excluding carboxylic acids is 1. The predicted molar refractivity (Wildman–Crippen MR) is 79.0 cm³/mol. The van der Waals surface area contributed by atoms with Crippen molar-refractivity contribution in [2.75, 3.05) is 7.11 Å². The average molecular weight is 302 g/mol. The van der Waals surface area contributed by atoms with Crippen LogP contribution in [0.1, 0.15) is 21.6 Å². The van der Waals surface area contributed by atoms with Gasteiger partial charge in [-0.1, -0.05) is 12.1 Å². The van der Waals surface area contributed by atoms with E-state index in [4.69, 9.17) is 0 Å². The molecule has 0 fully saturated rings. The van der Waals surface area contributed by atoms with E-state index in [1.165, 1.54) is 30.7 Å². The van der Waals surface area contributed by atoms with E-state index in [1.807, 2.05) is 0 Å². The number of nitrogens with zero attached hydrogens (tertiary/aromatic N) is 2. The average Bonchev–Trinajstić information content (AvgIpc) is 2.50. The summed E-state index contributed by atoms with van der Waals surface area (Å²) in [5, 5.41) is 10.9. The Labute approximate surface area is 125 Å². The monoisotopic (exact) mass is 302 g/mol. The molecule has 0 bridgehead atoms. The van der Waals surface area contributed by atoms with Gasteiger partial charge in [-0.3, -0.25) is 14.9 Å². The van der Waals surface area contributed by atoms with Gasteiger partial charge in [-0.15, -0.1) is 0 Å². The topological polar surface area (TPSA) is 91.4 Å². The Morgan fingerprint density at radius 3 is 2.41 bits per heavy atom. The number of ether oxygens (including phenoxy) is 1. The lowest BCUT2D eigenvalue weighted by Crippen LogP contribution is -2.22. The van der Waals surface area contributed by atoms with E-state index in [0.29, 0.717) is 5.56 Å². The summed E-state index contributed by atoms with van der Waals surface area (Å²) in [6.07, 6.45) is 0. The first kappa shape index (κ1) is 15.4. The maximum atomic E-state index is 11.9. The molecular formula is C15H14N2O5. The standard InChI is InChI=1S/C15H14N2O5/c1-10-13(17(20)21)7-8-14(18)16(10)9-11-3-5-12(6-4-11)15(19)22-2/h3-8H,9H2,1-2H3. The van der Waals surface area contributed by atoms with Crippen molar-refractivity contribution in [1.29, 1.82) is 0 Å². The van der Waals surface area contributed by atoms with Gasteiger partial charge in [-0.25, -0.2) is 4.79 Å². The Hall–Kier alpha value is -2.96. The quantitative estimate of drug-likeness (QED) is 0.488. The second-order valence-corrected chi connectivity index (χ2v) is 4.67. The van der Waals surface area contributed by atoms with Gasteiger partial charge in [0, 0.05) is 12.1 Å². The smallest absolute Gasteiger partial charge is 0.337 e. The summed E-state index contributed by atoms with van der Waals surface area (Å²) in [7, 11) is 1.29. The molecule has 7 heteroatoms. The molecule has 0 aliphatic heterocycles. The zero-order valence-electron chi connectivity index (χ0n) is 12.1. The van der Waals surface area contributed by atoms with E-state index in [2.05, 4.69) is 4.74 Å². The molecule has 22 heavy (non-hydrogen) atoms. The normalized spacial score (nSPS) is 10.3. The first-order valence-electron chi connectivity index (χ1n) is 6.46. The van der Waals surface area contributed by atoms with Crippen LogP contribution in [0.25, 0.3) is 0 Å². The predicted octanol–water partition coefficient (Wildman–Crippen LogP) is 1.90. The number of aromatic nitrogens is 1. The van der Waals surface area contributed by atoms with Crippen molar-refractivity contribution in [3.8, 4) is 0 Å². The van der Waals surface area contributed by atoms with Gasteiger partial charge >= 0.3 is 5.97 Å². The number of nitro groups is 1. The summed E-state index contributed by atoms with van der Waals surface area (Å²) >= 11 is 0. The van der Waals surface area contributed by atoms with Gasteiger partial charge in [-0.05, 0) is 24.6 Å². The molecule has 0 saturated carbocycles. The highest BCUT2D eigenvalue weighted by molar-refractivity contribution is 5.89. The first-order valence-corrected chi connectivity index (χ1v) is 6.46. The minimum atomic E-state index is -0.522. The third-order valence-electron chi connectivity index (χ3n) is 3.34. The summed E-state index contributed by atoms with van der Waals surface area (Å²) in [5.41, 5.74) is 1.01. The van der Waals surface area contributed by atoms with Crippen LogP contribution in [0, 0.1) is 17.0 Å². The first-order chi connectivity index (χ1) is 10.4. The van der Waals surface area contributed by atoms with E-state index in [1.54, 1.807) is 24.3 Å². The van der Waals surface area contributed by atoms with Crippen molar-refractivity contribution in [2.45, 2.75) is 13.5 Å². The van der Waals surface area contributed by atoms with E-state index in [0.717, 1.165) is 5.56 Å². The highest BCUT2D eigenvalue weighted by atomic mass is 16.6. The van der Waals surface area contributed by atoms with Crippen LogP contribution in [0.4, 0.5) is 5.69 Å². The van der Waals surface area contributed by atoms with Crippen LogP contribution in [0.15, 0.2) is 41.2 Å². The van der Waals surface area contributed by atoms with Gasteiger partial charge in [-0.2, -0.15) is 0 Å². The van der Waals surface area contributed by atoms with Crippen LogP contribution in [0.2, 0.25) is 0 Å². The fraction of sp³-hybridized carbons (Fsp3) is 0.200. The number of hydrogen-bond acceptors (Lipinski definition) is 5. The number of carbonyl (C=O) groups is 1. The van der Waals surface area contributed by atoms with Crippen LogP contribution >= 0.6 is 0 Å². The molecule has 0 amide bonds. The Morgan fingerprint density at radius 2 is 1.86 bits per heavy atom. The molecule has 0 aliphatic carbocycles.